The van der Waals surface area contributed by atoms with E-state index >= 15 is 0 Å². The van der Waals surface area contributed by atoms with Crippen LogP contribution in [0.4, 0.5) is 10.5 Å². The number of nitrogens with one attached hydrogen (secondary N) is 1. The first-order valence-electron chi connectivity index (χ1n) is 11.8. The highest BCUT2D eigenvalue weighted by Crippen LogP contribution is 2.50. The number of ether oxygens (including phenoxy) is 1. The molecule has 36 heavy (non-hydrogen) atoms. The predicted octanol–water partition coefficient (Wildman–Crippen LogP) is 2.28. The van der Waals surface area contributed by atoms with Gasteiger partial charge in [-0.2, -0.15) is 4.31 Å². The zero-order chi connectivity index (χ0) is 26.0. The number of anilines is 1. The van der Waals surface area contributed by atoms with Crippen molar-refractivity contribution >= 4 is 32.6 Å². The highest BCUT2D eigenvalue weighted by Gasteiger charge is 2.56. The zero-order valence-corrected chi connectivity index (χ0v) is 21.8. The summed E-state index contributed by atoms with van der Waals surface area (Å²) in [5.41, 5.74) is 3.08. The Hall–Kier alpha value is -3.09. The Morgan fingerprint density at radius 2 is 2.03 bits per heavy atom. The highest BCUT2D eigenvalue weighted by atomic mass is 32.2. The van der Waals surface area contributed by atoms with Gasteiger partial charge in [-0.1, -0.05) is 5.16 Å². The zero-order valence-electron chi connectivity index (χ0n) is 21.0. The van der Waals surface area contributed by atoms with E-state index in [1.54, 1.807) is 32.8 Å². The van der Waals surface area contributed by atoms with E-state index in [1.807, 2.05) is 29.8 Å². The highest BCUT2D eigenvalue weighted by molar-refractivity contribution is 7.89. The minimum absolute atomic E-state index is 0.0121. The van der Waals surface area contributed by atoms with Crippen LogP contribution in [0.5, 0.6) is 5.75 Å². The van der Waals surface area contributed by atoms with Gasteiger partial charge < -0.3 is 29.2 Å². The molecule has 1 atom stereocenters. The number of methoxy groups -OCH3 is 1. The van der Waals surface area contributed by atoms with Crippen LogP contribution in [-0.2, 0) is 22.5 Å². The lowest BCUT2D eigenvalue weighted by atomic mass is 9.70. The van der Waals surface area contributed by atoms with Gasteiger partial charge in [0.25, 0.3) is 0 Å². The van der Waals surface area contributed by atoms with Gasteiger partial charge in [0.15, 0.2) is 5.76 Å². The molecule has 11 nitrogen and oxygen atoms in total. The van der Waals surface area contributed by atoms with Crippen molar-refractivity contribution < 1.29 is 27.6 Å². The van der Waals surface area contributed by atoms with E-state index in [4.69, 9.17) is 9.26 Å². The minimum Gasteiger partial charge on any atom is -0.497 e. The summed E-state index contributed by atoms with van der Waals surface area (Å²) in [6, 6.07) is 4.72. The van der Waals surface area contributed by atoms with Crippen molar-refractivity contribution in [1.29, 1.82) is 0 Å². The Morgan fingerprint density at radius 3 is 2.61 bits per heavy atom. The maximum absolute atomic E-state index is 13.6. The molecule has 3 aromatic rings. The number of carbonyl (C=O) groups excluding carboxylic acids is 1. The number of urea groups is 1. The van der Waals surface area contributed by atoms with Gasteiger partial charge in [-0.25, -0.2) is 13.2 Å². The van der Waals surface area contributed by atoms with Crippen LogP contribution in [0.2, 0.25) is 0 Å². The van der Waals surface area contributed by atoms with Gasteiger partial charge in [-0.15, -0.1) is 0 Å². The van der Waals surface area contributed by atoms with Gasteiger partial charge in [-0.3, -0.25) is 0 Å². The van der Waals surface area contributed by atoms with Crippen LogP contribution in [0.15, 0.2) is 22.7 Å². The normalized spacial score (nSPS) is 19.4. The smallest absolute Gasteiger partial charge is 0.322 e. The third-order valence-electron chi connectivity index (χ3n) is 7.56. The second-order valence-corrected chi connectivity index (χ2v) is 11.9. The first-order chi connectivity index (χ1) is 17.1. The summed E-state index contributed by atoms with van der Waals surface area (Å²) in [5, 5.41) is 18.3. The predicted molar refractivity (Wildman–Crippen MR) is 134 cm³/mol. The Morgan fingerprint density at radius 1 is 1.31 bits per heavy atom. The molecular formula is C24H31N5O6S. The molecule has 2 aromatic heterocycles. The van der Waals surface area contributed by atoms with Gasteiger partial charge in [0.2, 0.25) is 10.0 Å². The first kappa shape index (κ1) is 24.6. The van der Waals surface area contributed by atoms with E-state index in [0.717, 1.165) is 22.2 Å². The number of fused-ring (bicyclic) bond motifs is 4. The molecule has 5 rings (SSSR count). The Bertz CT molecular complexity index is 1430. The summed E-state index contributed by atoms with van der Waals surface area (Å²) in [7, 11) is 0.106. The average molecular weight is 518 g/mol. The Labute approximate surface area is 209 Å². The number of aryl methyl sites for hydroxylation is 3. The molecule has 194 valence electrons. The van der Waals surface area contributed by atoms with Crippen molar-refractivity contribution in [3.63, 3.8) is 0 Å². The molecule has 12 heteroatoms. The molecule has 2 aliphatic heterocycles. The van der Waals surface area contributed by atoms with E-state index < -0.39 is 27.5 Å². The largest absolute Gasteiger partial charge is 0.497 e. The summed E-state index contributed by atoms with van der Waals surface area (Å²) in [6.45, 7) is 5.55. The van der Waals surface area contributed by atoms with E-state index in [1.165, 1.54) is 4.31 Å². The molecule has 1 fully saturated rings. The molecule has 0 unspecified atom stereocenters. The van der Waals surface area contributed by atoms with Gasteiger partial charge in [0.1, 0.15) is 17.1 Å². The van der Waals surface area contributed by atoms with Crippen LogP contribution >= 0.6 is 0 Å². The fourth-order valence-electron chi connectivity index (χ4n) is 5.68. The third kappa shape index (κ3) is 3.50. The number of aromatic nitrogens is 2. The number of aliphatic hydroxyl groups is 1. The molecule has 0 aliphatic carbocycles. The van der Waals surface area contributed by atoms with Crippen LogP contribution in [0.1, 0.15) is 35.7 Å². The van der Waals surface area contributed by atoms with Gasteiger partial charge >= 0.3 is 6.03 Å². The number of rotatable bonds is 5. The summed E-state index contributed by atoms with van der Waals surface area (Å²) in [5.74, 6) is 1.18. The van der Waals surface area contributed by atoms with E-state index in [-0.39, 0.29) is 32.0 Å². The Kier molecular flexibility index (Phi) is 5.80. The quantitative estimate of drug-likeness (QED) is 0.531. The second-order valence-electron chi connectivity index (χ2n) is 9.61. The van der Waals surface area contributed by atoms with Crippen LogP contribution in [0, 0.1) is 13.8 Å². The summed E-state index contributed by atoms with van der Waals surface area (Å²) in [6.07, 6.45) is 0. The lowest BCUT2D eigenvalue weighted by Gasteiger charge is -2.55. The van der Waals surface area contributed by atoms with Crippen LogP contribution < -0.4 is 10.1 Å². The molecule has 0 saturated carbocycles. The number of nitrogens with zero attached hydrogens (tertiary/aromatic N) is 4. The van der Waals surface area contributed by atoms with Crippen molar-refractivity contribution in [2.75, 3.05) is 44.4 Å². The molecule has 2 amide bonds. The lowest BCUT2D eigenvalue weighted by molar-refractivity contribution is 0.0536. The number of sulfonamides is 1. The summed E-state index contributed by atoms with van der Waals surface area (Å²) in [4.78, 5) is 15.2. The fraction of sp³-hybridized carbons (Fsp3) is 0.500. The van der Waals surface area contributed by atoms with Gasteiger partial charge in [-0.05, 0) is 38.5 Å². The summed E-state index contributed by atoms with van der Waals surface area (Å²) >= 11 is 0. The van der Waals surface area contributed by atoms with E-state index in [9.17, 15) is 18.3 Å². The van der Waals surface area contributed by atoms with Crippen LogP contribution in [0.3, 0.4) is 0 Å². The third-order valence-corrected chi connectivity index (χ3v) is 9.34. The number of hydrogen-bond donors (Lipinski definition) is 2. The molecule has 4 heterocycles. The van der Waals surface area contributed by atoms with Crippen molar-refractivity contribution in [3.8, 4) is 5.75 Å². The van der Waals surface area contributed by atoms with E-state index in [2.05, 4.69) is 10.5 Å². The lowest BCUT2D eigenvalue weighted by Crippen LogP contribution is -2.68. The first-order valence-corrected chi connectivity index (χ1v) is 13.4. The molecule has 2 N–H and O–H groups in total. The monoisotopic (exact) mass is 517 g/mol. The molecule has 1 saturated heterocycles. The SMILES string of the molecule is CCS(=O)(=O)N1CC2(CN(C(=O)Nc3c(C)noc3C)[C@H](CO)c3c2c2ccc(OC)cc2n3C)C1. The van der Waals surface area contributed by atoms with Gasteiger partial charge in [0.05, 0.1) is 31.0 Å². The minimum atomic E-state index is -3.39. The van der Waals surface area contributed by atoms with Crippen molar-refractivity contribution in [3.05, 3.63) is 40.9 Å². The molecule has 1 aromatic carbocycles. The van der Waals surface area contributed by atoms with E-state index in [0.29, 0.717) is 22.9 Å². The standard InChI is InChI=1S/C24H31N5O6S/c1-6-36(32,33)28-11-24(12-28)13-29(23(31)25-21-14(2)26-35-15(21)3)19(10-30)22-20(24)17-8-7-16(34-5)9-18(17)27(22)4/h7-9,19,30H,6,10-13H2,1-5H3,(H,25,31)/t19-/m1/s1. The maximum atomic E-state index is 13.6. The van der Waals surface area contributed by atoms with Gasteiger partial charge in [0, 0.05) is 49.2 Å². The summed E-state index contributed by atoms with van der Waals surface area (Å²) < 4.78 is 39.4. The van der Waals surface area contributed by atoms with Crippen molar-refractivity contribution in [2.45, 2.75) is 32.2 Å². The fourth-order valence-corrected chi connectivity index (χ4v) is 6.93. The topological polar surface area (TPSA) is 130 Å². The number of amides is 2. The van der Waals surface area contributed by atoms with Crippen LogP contribution in [-0.4, -0.2) is 77.6 Å². The number of aliphatic hydroxyl groups excluding tert-OH is 1. The molecule has 1 spiro atoms. The molecule has 0 radical (unpaired) electrons. The molecular weight excluding hydrogens is 486 g/mol. The Balaban J connectivity index is 1.65. The average Bonchev–Trinajstić information content (AvgIpc) is 3.32. The number of carbonyl (C=O) groups is 1. The maximum Gasteiger partial charge on any atom is 0.322 e. The number of benzene rings is 1. The van der Waals surface area contributed by atoms with Crippen LogP contribution in [0.25, 0.3) is 10.9 Å². The number of hydrogen-bond acceptors (Lipinski definition) is 7. The molecule has 2 aliphatic rings. The second kappa shape index (κ2) is 8.49. The van der Waals surface area contributed by atoms with Crippen molar-refractivity contribution in [2.24, 2.45) is 7.05 Å². The van der Waals surface area contributed by atoms with Crippen molar-refractivity contribution in [1.82, 2.24) is 18.9 Å². The molecule has 0 bridgehead atoms.